The zero-order valence-corrected chi connectivity index (χ0v) is 22.2. The molecule has 0 unspecified atom stereocenters. The van der Waals surface area contributed by atoms with E-state index in [-0.39, 0.29) is 37.1 Å². The first-order valence-electron chi connectivity index (χ1n) is 13.1. The van der Waals surface area contributed by atoms with Gasteiger partial charge in [0, 0.05) is 37.6 Å². The number of fused-ring (bicyclic) bond motifs is 2. The number of ether oxygens (including phenoxy) is 1. The highest BCUT2D eigenvalue weighted by Crippen LogP contribution is 2.36. The number of halogens is 3. The van der Waals surface area contributed by atoms with Gasteiger partial charge in [-0.05, 0) is 50.5 Å². The Morgan fingerprint density at radius 1 is 1.23 bits per heavy atom. The molecule has 0 saturated carbocycles. The van der Waals surface area contributed by atoms with Crippen LogP contribution in [0, 0.1) is 0 Å². The molecule has 2 amide bonds. The van der Waals surface area contributed by atoms with Crippen molar-refractivity contribution in [1.82, 2.24) is 24.4 Å². The second-order valence-electron chi connectivity index (χ2n) is 10.7. The van der Waals surface area contributed by atoms with Crippen molar-refractivity contribution in [2.24, 2.45) is 0 Å². The molecule has 214 valence electrons. The van der Waals surface area contributed by atoms with Gasteiger partial charge in [-0.25, -0.2) is 22.7 Å². The van der Waals surface area contributed by atoms with Gasteiger partial charge in [-0.15, -0.1) is 0 Å². The molecule has 2 aliphatic heterocycles. The average molecular weight is 561 g/mol. The van der Waals surface area contributed by atoms with Gasteiger partial charge in [-0.3, -0.25) is 14.5 Å². The lowest BCUT2D eigenvalue weighted by Crippen LogP contribution is -2.42. The van der Waals surface area contributed by atoms with E-state index in [1.54, 1.807) is 29.4 Å². The Morgan fingerprint density at radius 3 is 2.67 bits per heavy atom. The first-order valence-corrected chi connectivity index (χ1v) is 13.1. The number of anilines is 1. The fraction of sp³-hybridized carbons (Fsp3) is 0.481. The van der Waals surface area contributed by atoms with E-state index in [0.717, 1.165) is 0 Å². The minimum Gasteiger partial charge on any atom is -0.488 e. The van der Waals surface area contributed by atoms with Gasteiger partial charge in [0.25, 0.3) is 18.2 Å². The lowest BCUT2D eigenvalue weighted by atomic mass is 10.0. The maximum absolute atomic E-state index is 14.6. The summed E-state index contributed by atoms with van der Waals surface area (Å²) in [5.41, 5.74) is 0.156. The third-order valence-electron chi connectivity index (χ3n) is 7.23. The Hall–Kier alpha value is -3.71. The summed E-state index contributed by atoms with van der Waals surface area (Å²) >= 11 is 0. The topological polar surface area (TPSA) is 112 Å². The number of carbonyl (C=O) groups excluding carboxylic acids is 2. The quantitative estimate of drug-likeness (QED) is 0.414. The van der Waals surface area contributed by atoms with Crippen molar-refractivity contribution in [3.63, 3.8) is 0 Å². The summed E-state index contributed by atoms with van der Waals surface area (Å²) < 4.78 is 47.9. The maximum atomic E-state index is 14.6. The van der Waals surface area contributed by atoms with Gasteiger partial charge in [0.1, 0.15) is 23.6 Å². The summed E-state index contributed by atoms with van der Waals surface area (Å²) in [7, 11) is 0. The van der Waals surface area contributed by atoms with Gasteiger partial charge in [-0.2, -0.15) is 5.10 Å². The van der Waals surface area contributed by atoms with E-state index in [0.29, 0.717) is 48.4 Å². The first-order chi connectivity index (χ1) is 19.0. The van der Waals surface area contributed by atoms with Gasteiger partial charge in [0.15, 0.2) is 5.65 Å². The smallest absolute Gasteiger partial charge is 0.261 e. The summed E-state index contributed by atoms with van der Waals surface area (Å²) in [5, 5.41) is 17.0. The Kier molecular flexibility index (Phi) is 7.69. The van der Waals surface area contributed by atoms with Crippen LogP contribution in [-0.2, 0) is 6.54 Å². The van der Waals surface area contributed by atoms with Crippen LogP contribution in [0.3, 0.4) is 0 Å². The average Bonchev–Trinajstić information content (AvgIpc) is 3.46. The fourth-order valence-electron chi connectivity index (χ4n) is 4.92. The van der Waals surface area contributed by atoms with Crippen LogP contribution in [0.4, 0.5) is 18.9 Å². The van der Waals surface area contributed by atoms with Crippen molar-refractivity contribution >= 4 is 23.1 Å². The molecule has 1 fully saturated rings. The van der Waals surface area contributed by atoms with Crippen LogP contribution in [-0.4, -0.2) is 91.8 Å². The van der Waals surface area contributed by atoms with Crippen LogP contribution in [0.5, 0.6) is 5.75 Å². The number of nitrogens with zero attached hydrogens (tertiary/aromatic N) is 5. The molecule has 5 rings (SSSR count). The summed E-state index contributed by atoms with van der Waals surface area (Å²) in [5.74, 6) is -0.654. The number of piperidine rings is 1. The van der Waals surface area contributed by atoms with Crippen molar-refractivity contribution in [2.75, 3.05) is 31.5 Å². The molecular weight excluding hydrogens is 529 g/mol. The van der Waals surface area contributed by atoms with Crippen molar-refractivity contribution in [2.45, 2.75) is 57.5 Å². The standard InChI is InChI=1S/C27H31F3N6O4/c1-27(2,39)22(28)14-35-13-16-10-20(33-25(37)19-12-32-36-7-3-6-31-24(19)36)21(11-18(16)26(35)38)40-17-4-8-34(9-5-17)15-23(29)30/h3,6-7,10-12,17,22-23,39H,4-5,8-9,13-15H2,1-2H3,(H,33,37)/t22-/m1/s1. The second kappa shape index (κ2) is 11.0. The molecular formula is C27H31F3N6O4. The van der Waals surface area contributed by atoms with E-state index in [4.69, 9.17) is 4.74 Å². The number of hydrogen-bond donors (Lipinski definition) is 2. The number of aliphatic hydroxyl groups is 1. The van der Waals surface area contributed by atoms with E-state index in [2.05, 4.69) is 15.4 Å². The molecule has 0 aliphatic carbocycles. The SMILES string of the molecule is CC(C)(O)[C@H](F)CN1Cc2cc(NC(=O)c3cnn4cccnc34)c(OC3CCN(CC(F)F)CC3)cc2C1=O. The number of benzene rings is 1. The first kappa shape index (κ1) is 27.8. The predicted molar refractivity (Wildman–Crippen MR) is 139 cm³/mol. The summed E-state index contributed by atoms with van der Waals surface area (Å²) in [6.07, 6.45) is 1.18. The van der Waals surface area contributed by atoms with Crippen LogP contribution in [0.2, 0.25) is 0 Å². The van der Waals surface area contributed by atoms with E-state index >= 15 is 0 Å². The number of hydrogen-bond acceptors (Lipinski definition) is 7. The lowest BCUT2D eigenvalue weighted by Gasteiger charge is -2.32. The molecule has 1 atom stereocenters. The number of carbonyl (C=O) groups is 2. The van der Waals surface area contributed by atoms with E-state index in [9.17, 15) is 27.9 Å². The highest BCUT2D eigenvalue weighted by atomic mass is 19.3. The molecule has 0 radical (unpaired) electrons. The highest BCUT2D eigenvalue weighted by Gasteiger charge is 2.36. The van der Waals surface area contributed by atoms with Crippen molar-refractivity contribution in [3.8, 4) is 5.75 Å². The van der Waals surface area contributed by atoms with Crippen LogP contribution in [0.1, 0.15) is 53.0 Å². The largest absolute Gasteiger partial charge is 0.488 e. The number of amides is 2. The lowest BCUT2D eigenvalue weighted by molar-refractivity contribution is -0.0159. The molecule has 1 saturated heterocycles. The molecule has 4 heterocycles. The molecule has 2 aromatic heterocycles. The molecule has 2 N–H and O–H groups in total. The minimum atomic E-state index is -2.42. The molecule has 2 aliphatic rings. The predicted octanol–water partition coefficient (Wildman–Crippen LogP) is 3.15. The van der Waals surface area contributed by atoms with Gasteiger partial charge in [-0.1, -0.05) is 0 Å². The zero-order chi connectivity index (χ0) is 28.6. The zero-order valence-electron chi connectivity index (χ0n) is 22.2. The van der Waals surface area contributed by atoms with E-state index in [1.165, 1.54) is 35.5 Å². The van der Waals surface area contributed by atoms with Gasteiger partial charge in [0.05, 0.1) is 30.6 Å². The van der Waals surface area contributed by atoms with Crippen molar-refractivity contribution < 1.29 is 32.6 Å². The van der Waals surface area contributed by atoms with Crippen LogP contribution >= 0.6 is 0 Å². The minimum absolute atomic E-state index is 0.0953. The molecule has 0 bridgehead atoms. The third-order valence-corrected chi connectivity index (χ3v) is 7.23. The summed E-state index contributed by atoms with van der Waals surface area (Å²) in [6, 6.07) is 4.84. The highest BCUT2D eigenvalue weighted by molar-refractivity contribution is 6.09. The maximum Gasteiger partial charge on any atom is 0.261 e. The van der Waals surface area contributed by atoms with Gasteiger partial charge >= 0.3 is 0 Å². The number of nitrogens with one attached hydrogen (secondary N) is 1. The number of rotatable bonds is 9. The van der Waals surface area contributed by atoms with Gasteiger partial charge in [0.2, 0.25) is 0 Å². The normalized spacial score (nSPS) is 17.5. The fourth-order valence-corrected chi connectivity index (χ4v) is 4.92. The molecule has 1 aromatic carbocycles. The number of alkyl halides is 3. The van der Waals surface area contributed by atoms with Crippen LogP contribution in [0.15, 0.2) is 36.8 Å². The van der Waals surface area contributed by atoms with E-state index in [1.807, 2.05) is 0 Å². The molecule has 0 spiro atoms. The summed E-state index contributed by atoms with van der Waals surface area (Å²) in [6.45, 7) is 3.03. The van der Waals surface area contributed by atoms with Crippen molar-refractivity contribution in [3.05, 3.63) is 53.5 Å². The monoisotopic (exact) mass is 560 g/mol. The molecule has 3 aromatic rings. The molecule has 40 heavy (non-hydrogen) atoms. The van der Waals surface area contributed by atoms with Crippen molar-refractivity contribution in [1.29, 1.82) is 0 Å². The molecule has 10 nitrogen and oxygen atoms in total. The number of aromatic nitrogens is 3. The second-order valence-corrected chi connectivity index (χ2v) is 10.7. The Bertz CT molecular complexity index is 1400. The Balaban J connectivity index is 1.40. The third kappa shape index (κ3) is 5.89. The van der Waals surface area contributed by atoms with Gasteiger partial charge < -0.3 is 20.1 Å². The van der Waals surface area contributed by atoms with Crippen LogP contribution in [0.25, 0.3) is 5.65 Å². The van der Waals surface area contributed by atoms with Crippen LogP contribution < -0.4 is 10.1 Å². The molecule has 13 heteroatoms. The van der Waals surface area contributed by atoms with E-state index < -0.39 is 30.0 Å². The Morgan fingerprint density at radius 2 is 1.98 bits per heavy atom. The summed E-state index contributed by atoms with van der Waals surface area (Å²) in [4.78, 5) is 33.6. The Labute approximate surface area is 228 Å². The number of likely N-dealkylation sites (tertiary alicyclic amines) is 1.